The third-order valence-corrected chi connectivity index (χ3v) is 4.14. The molecule has 6 nitrogen and oxygen atoms in total. The van der Waals surface area contributed by atoms with Crippen molar-refractivity contribution in [2.75, 3.05) is 26.8 Å². The number of benzene rings is 1. The SMILES string of the molecule is COCCN(CC(=O)O)C(=O)c1csc(-c2ccc(Cl)cc2)n1. The van der Waals surface area contributed by atoms with Crippen molar-refractivity contribution in [3.63, 3.8) is 0 Å². The molecule has 0 unspecified atom stereocenters. The third-order valence-electron chi connectivity index (χ3n) is 2.99. The summed E-state index contributed by atoms with van der Waals surface area (Å²) in [5, 5.41) is 11.8. The second-order valence-corrected chi connectivity index (χ2v) is 5.95. The molecule has 1 N–H and O–H groups in total. The van der Waals surface area contributed by atoms with Crippen molar-refractivity contribution >= 4 is 34.8 Å². The summed E-state index contributed by atoms with van der Waals surface area (Å²) in [7, 11) is 1.49. The quantitative estimate of drug-likeness (QED) is 0.826. The van der Waals surface area contributed by atoms with E-state index in [9.17, 15) is 9.59 Å². The zero-order valence-corrected chi connectivity index (χ0v) is 13.9. The predicted octanol–water partition coefficient (Wildman–Crippen LogP) is 2.64. The van der Waals surface area contributed by atoms with Crippen molar-refractivity contribution < 1.29 is 19.4 Å². The maximum absolute atomic E-state index is 12.4. The number of aromatic nitrogens is 1. The summed E-state index contributed by atoms with van der Waals surface area (Å²) >= 11 is 7.16. The zero-order chi connectivity index (χ0) is 16.8. The zero-order valence-electron chi connectivity index (χ0n) is 12.4. The van der Waals surface area contributed by atoms with Crippen LogP contribution in [0.5, 0.6) is 0 Å². The molecule has 0 bridgehead atoms. The Hall–Kier alpha value is -1.96. The lowest BCUT2D eigenvalue weighted by molar-refractivity contribution is -0.137. The number of carbonyl (C=O) groups is 2. The first-order chi connectivity index (χ1) is 11.0. The van der Waals surface area contributed by atoms with E-state index in [0.29, 0.717) is 10.0 Å². The highest BCUT2D eigenvalue weighted by Gasteiger charge is 2.21. The van der Waals surface area contributed by atoms with Crippen molar-refractivity contribution in [3.05, 3.63) is 40.4 Å². The van der Waals surface area contributed by atoms with Crippen molar-refractivity contribution in [3.8, 4) is 10.6 Å². The Kier molecular flexibility index (Phi) is 6.09. The van der Waals surface area contributed by atoms with Gasteiger partial charge in [0.1, 0.15) is 17.2 Å². The van der Waals surface area contributed by atoms with E-state index in [4.69, 9.17) is 21.4 Å². The fourth-order valence-corrected chi connectivity index (χ4v) is 2.80. The second-order valence-electron chi connectivity index (χ2n) is 4.66. The van der Waals surface area contributed by atoms with Gasteiger partial charge in [0.05, 0.1) is 6.61 Å². The van der Waals surface area contributed by atoms with Crippen molar-refractivity contribution in [2.45, 2.75) is 0 Å². The number of carbonyl (C=O) groups excluding carboxylic acids is 1. The molecular weight excluding hydrogens is 340 g/mol. The molecule has 1 aromatic carbocycles. The number of rotatable bonds is 7. The van der Waals surface area contributed by atoms with E-state index in [1.165, 1.54) is 23.3 Å². The lowest BCUT2D eigenvalue weighted by atomic mass is 10.2. The van der Waals surface area contributed by atoms with Crippen LogP contribution in [0.2, 0.25) is 5.02 Å². The molecule has 0 fully saturated rings. The largest absolute Gasteiger partial charge is 0.480 e. The molecule has 0 saturated heterocycles. The molecule has 0 radical (unpaired) electrons. The number of thiazole rings is 1. The summed E-state index contributed by atoms with van der Waals surface area (Å²) < 4.78 is 4.91. The van der Waals surface area contributed by atoms with Gasteiger partial charge in [-0.3, -0.25) is 9.59 Å². The first-order valence-corrected chi connectivity index (χ1v) is 7.98. The molecule has 0 aliphatic heterocycles. The molecule has 0 atom stereocenters. The molecule has 8 heteroatoms. The van der Waals surface area contributed by atoms with E-state index in [1.807, 2.05) is 12.1 Å². The van der Waals surface area contributed by atoms with Gasteiger partial charge in [-0.25, -0.2) is 4.98 Å². The Morgan fingerprint density at radius 2 is 2.04 bits per heavy atom. The first-order valence-electron chi connectivity index (χ1n) is 6.72. The maximum atomic E-state index is 12.4. The molecule has 1 heterocycles. The Bertz CT molecular complexity index is 687. The number of amides is 1. The average Bonchev–Trinajstić information content (AvgIpc) is 3.01. The fourth-order valence-electron chi connectivity index (χ4n) is 1.88. The average molecular weight is 355 g/mol. The topological polar surface area (TPSA) is 79.7 Å². The minimum absolute atomic E-state index is 0.190. The molecule has 0 aliphatic rings. The molecule has 122 valence electrons. The number of ether oxygens (including phenoxy) is 1. The van der Waals surface area contributed by atoms with Gasteiger partial charge in [-0.1, -0.05) is 23.7 Å². The molecule has 1 aromatic heterocycles. The highest BCUT2D eigenvalue weighted by molar-refractivity contribution is 7.13. The summed E-state index contributed by atoms with van der Waals surface area (Å²) in [6, 6.07) is 7.12. The van der Waals surface area contributed by atoms with Gasteiger partial charge in [0.2, 0.25) is 0 Å². The summed E-state index contributed by atoms with van der Waals surface area (Å²) in [6.07, 6.45) is 0. The van der Waals surface area contributed by atoms with Crippen LogP contribution < -0.4 is 0 Å². The number of methoxy groups -OCH3 is 1. The Morgan fingerprint density at radius 1 is 1.35 bits per heavy atom. The van der Waals surface area contributed by atoms with E-state index < -0.39 is 18.4 Å². The van der Waals surface area contributed by atoms with E-state index >= 15 is 0 Å². The van der Waals surface area contributed by atoms with Crippen LogP contribution in [0.25, 0.3) is 10.6 Å². The molecular formula is C15H15ClN2O4S. The lowest BCUT2D eigenvalue weighted by Gasteiger charge is -2.18. The number of carboxylic acid groups (broad SMARTS) is 1. The van der Waals surface area contributed by atoms with Gasteiger partial charge < -0.3 is 14.7 Å². The Balaban J connectivity index is 2.17. The number of halogens is 1. The molecule has 1 amide bonds. The van der Waals surface area contributed by atoms with Crippen molar-refractivity contribution in [1.29, 1.82) is 0 Å². The predicted molar refractivity (Wildman–Crippen MR) is 88.0 cm³/mol. The van der Waals surface area contributed by atoms with Gasteiger partial charge >= 0.3 is 5.97 Å². The highest BCUT2D eigenvalue weighted by Crippen LogP contribution is 2.25. The Labute approximate surface area is 142 Å². The smallest absolute Gasteiger partial charge is 0.323 e. The van der Waals surface area contributed by atoms with E-state index in [2.05, 4.69) is 4.98 Å². The van der Waals surface area contributed by atoms with Crippen LogP contribution in [0.3, 0.4) is 0 Å². The van der Waals surface area contributed by atoms with Crippen LogP contribution in [0.1, 0.15) is 10.5 Å². The summed E-state index contributed by atoms with van der Waals surface area (Å²) in [6.45, 7) is 0.0542. The monoisotopic (exact) mass is 354 g/mol. The summed E-state index contributed by atoms with van der Waals surface area (Å²) in [4.78, 5) is 28.8. The number of nitrogens with zero attached hydrogens (tertiary/aromatic N) is 2. The van der Waals surface area contributed by atoms with Crippen LogP contribution in [0, 0.1) is 0 Å². The highest BCUT2D eigenvalue weighted by atomic mass is 35.5. The summed E-state index contributed by atoms with van der Waals surface area (Å²) in [5.41, 5.74) is 1.07. The van der Waals surface area contributed by atoms with Gasteiger partial charge in [0.25, 0.3) is 5.91 Å². The molecule has 2 aromatic rings. The van der Waals surface area contributed by atoms with Crippen LogP contribution in [0.15, 0.2) is 29.6 Å². The molecule has 2 rings (SSSR count). The van der Waals surface area contributed by atoms with Crippen LogP contribution in [-0.2, 0) is 9.53 Å². The first kappa shape index (κ1) is 17.4. The van der Waals surface area contributed by atoms with Gasteiger partial charge in [-0.05, 0) is 12.1 Å². The fraction of sp³-hybridized carbons (Fsp3) is 0.267. The minimum atomic E-state index is -1.08. The van der Waals surface area contributed by atoms with Crippen LogP contribution >= 0.6 is 22.9 Å². The Morgan fingerprint density at radius 3 is 2.65 bits per heavy atom. The van der Waals surface area contributed by atoms with E-state index in [0.717, 1.165) is 5.56 Å². The molecule has 23 heavy (non-hydrogen) atoms. The standard InChI is InChI=1S/C15H15ClN2O4S/c1-22-7-6-18(8-13(19)20)15(21)12-9-23-14(17-12)10-2-4-11(16)5-3-10/h2-5,9H,6-8H2,1H3,(H,19,20). The van der Waals surface area contributed by atoms with Gasteiger partial charge in [0, 0.05) is 29.6 Å². The minimum Gasteiger partial charge on any atom is -0.480 e. The van der Waals surface area contributed by atoms with Crippen molar-refractivity contribution in [1.82, 2.24) is 9.88 Å². The molecule has 0 aliphatic carbocycles. The van der Waals surface area contributed by atoms with E-state index in [-0.39, 0.29) is 18.8 Å². The van der Waals surface area contributed by atoms with Crippen LogP contribution in [-0.4, -0.2) is 53.7 Å². The number of hydrogen-bond acceptors (Lipinski definition) is 5. The van der Waals surface area contributed by atoms with E-state index in [1.54, 1.807) is 17.5 Å². The van der Waals surface area contributed by atoms with Crippen LogP contribution in [0.4, 0.5) is 0 Å². The number of aliphatic carboxylic acids is 1. The third kappa shape index (κ3) is 4.75. The maximum Gasteiger partial charge on any atom is 0.323 e. The normalized spacial score (nSPS) is 10.5. The van der Waals surface area contributed by atoms with Gasteiger partial charge in [0.15, 0.2) is 0 Å². The van der Waals surface area contributed by atoms with Gasteiger partial charge in [-0.15, -0.1) is 11.3 Å². The second kappa shape index (κ2) is 8.05. The van der Waals surface area contributed by atoms with Crippen molar-refractivity contribution in [2.24, 2.45) is 0 Å². The van der Waals surface area contributed by atoms with Gasteiger partial charge in [-0.2, -0.15) is 0 Å². The molecule has 0 spiro atoms. The number of hydrogen-bond donors (Lipinski definition) is 1. The number of carboxylic acids is 1. The lowest BCUT2D eigenvalue weighted by Crippen LogP contribution is -2.38. The summed E-state index contributed by atoms with van der Waals surface area (Å²) in [5.74, 6) is -1.51. The molecule has 0 saturated carbocycles.